The lowest BCUT2D eigenvalue weighted by Gasteiger charge is -2.21. The molecule has 0 saturated heterocycles. The number of aliphatic hydroxyl groups is 1. The number of likely N-dealkylation sites (N-methyl/N-ethyl adjacent to an activating group) is 1. The lowest BCUT2D eigenvalue weighted by atomic mass is 10.2. The lowest BCUT2D eigenvalue weighted by molar-refractivity contribution is -0.140. The summed E-state index contributed by atoms with van der Waals surface area (Å²) in [4.78, 5) is 15.3. The van der Waals surface area contributed by atoms with E-state index in [4.69, 9.17) is 19.5 Å². The SMILES string of the molecule is C=C/C=C\C=C(/C=C)CN(C)c1ccccc1N=C.Cc1noc(C)c1C.O=C(O)CO. The predicted octanol–water partition coefficient (Wildman–Crippen LogP) is 4.97. The van der Waals surface area contributed by atoms with Crippen molar-refractivity contribution in [2.24, 2.45) is 4.99 Å². The van der Waals surface area contributed by atoms with Gasteiger partial charge in [-0.25, -0.2) is 4.79 Å². The molecule has 172 valence electrons. The number of aliphatic imine (C=N–C) groups is 1. The quantitative estimate of drug-likeness (QED) is 0.445. The van der Waals surface area contributed by atoms with Crippen LogP contribution in [0.25, 0.3) is 0 Å². The number of benzene rings is 1. The zero-order valence-electron chi connectivity index (χ0n) is 19.3. The van der Waals surface area contributed by atoms with Gasteiger partial charge < -0.3 is 19.6 Å². The molecule has 2 rings (SSSR count). The second kappa shape index (κ2) is 16.0. The van der Waals surface area contributed by atoms with Crippen molar-refractivity contribution in [2.45, 2.75) is 20.8 Å². The van der Waals surface area contributed by atoms with E-state index in [1.165, 1.54) is 0 Å². The fraction of sp³-hybridized carbons (Fsp3) is 0.240. The molecule has 0 spiro atoms. The Kier molecular flexibility index (Phi) is 14.2. The molecular weight excluding hydrogens is 406 g/mol. The zero-order valence-corrected chi connectivity index (χ0v) is 19.3. The Morgan fingerprint density at radius 1 is 1.22 bits per heavy atom. The summed E-state index contributed by atoms with van der Waals surface area (Å²) in [6.07, 6.45) is 9.47. The average Bonchev–Trinajstić information content (AvgIpc) is 3.09. The summed E-state index contributed by atoms with van der Waals surface area (Å²) in [5.74, 6) is -0.271. The number of carbonyl (C=O) groups is 1. The van der Waals surface area contributed by atoms with Crippen molar-refractivity contribution in [3.05, 3.63) is 90.4 Å². The number of aromatic nitrogens is 1. The lowest BCUT2D eigenvalue weighted by Crippen LogP contribution is -2.19. The molecule has 0 bridgehead atoms. The van der Waals surface area contributed by atoms with Gasteiger partial charge in [0.25, 0.3) is 0 Å². The van der Waals surface area contributed by atoms with Gasteiger partial charge in [0.15, 0.2) is 0 Å². The van der Waals surface area contributed by atoms with Crippen LogP contribution in [0.1, 0.15) is 17.0 Å². The molecule has 2 N–H and O–H groups in total. The Bertz CT molecular complexity index is 923. The topological polar surface area (TPSA) is 99.2 Å². The number of aryl methyl sites for hydroxylation is 2. The third kappa shape index (κ3) is 10.9. The number of aliphatic hydroxyl groups excluding tert-OH is 1. The minimum absolute atomic E-state index is 0.761. The predicted molar refractivity (Wildman–Crippen MR) is 132 cm³/mol. The minimum Gasteiger partial charge on any atom is -0.480 e. The van der Waals surface area contributed by atoms with E-state index in [0.717, 1.165) is 40.5 Å². The molecular formula is C25H33N3O4. The van der Waals surface area contributed by atoms with E-state index >= 15 is 0 Å². The molecule has 1 heterocycles. The van der Waals surface area contributed by atoms with Crippen molar-refractivity contribution in [2.75, 3.05) is 25.1 Å². The first-order chi connectivity index (χ1) is 15.2. The fourth-order valence-electron chi connectivity index (χ4n) is 2.25. The van der Waals surface area contributed by atoms with Crippen molar-refractivity contribution in [3.63, 3.8) is 0 Å². The zero-order chi connectivity index (χ0) is 24.5. The second-order valence-electron chi connectivity index (χ2n) is 6.57. The highest BCUT2D eigenvalue weighted by Gasteiger charge is 2.06. The van der Waals surface area contributed by atoms with Gasteiger partial charge in [0.05, 0.1) is 17.1 Å². The summed E-state index contributed by atoms with van der Waals surface area (Å²) >= 11 is 0. The van der Waals surface area contributed by atoms with Gasteiger partial charge in [0, 0.05) is 19.2 Å². The van der Waals surface area contributed by atoms with E-state index in [1.54, 1.807) is 6.08 Å². The van der Waals surface area contributed by atoms with Gasteiger partial charge in [-0.05, 0) is 45.2 Å². The molecule has 0 radical (unpaired) electrons. The first-order valence-corrected chi connectivity index (χ1v) is 9.81. The maximum atomic E-state index is 9.12. The van der Waals surface area contributed by atoms with E-state index in [0.29, 0.717) is 0 Å². The standard InChI is InChI=1S/C17H20N2.C6H9NO.C2H4O3/c1-5-7-8-11-15(6-2)14-19(4)17-13-10-9-12-16(17)18-3;1-4-5(2)7-8-6(4)3;3-1-2(4)5/h5-13H,1-3,14H2,4H3;1-3H3;3H,1H2,(H,4,5)/b8-7-,15-11+;;. The van der Waals surface area contributed by atoms with Crippen LogP contribution in [0.5, 0.6) is 0 Å². The summed E-state index contributed by atoms with van der Waals surface area (Å²) in [5.41, 5.74) is 5.21. The van der Waals surface area contributed by atoms with Gasteiger partial charge in [0.1, 0.15) is 12.4 Å². The van der Waals surface area contributed by atoms with Crippen LogP contribution < -0.4 is 4.90 Å². The molecule has 7 heteroatoms. The minimum atomic E-state index is -1.19. The monoisotopic (exact) mass is 439 g/mol. The summed E-state index contributed by atoms with van der Waals surface area (Å²) in [7, 11) is 2.03. The van der Waals surface area contributed by atoms with Gasteiger partial charge >= 0.3 is 5.97 Å². The van der Waals surface area contributed by atoms with Crippen LogP contribution in [0.4, 0.5) is 11.4 Å². The smallest absolute Gasteiger partial charge is 0.329 e. The number of hydrogen-bond donors (Lipinski definition) is 2. The molecule has 7 nitrogen and oxygen atoms in total. The van der Waals surface area contributed by atoms with Crippen LogP contribution in [-0.4, -0.2) is 48.3 Å². The largest absolute Gasteiger partial charge is 0.480 e. The van der Waals surface area contributed by atoms with Crippen LogP contribution in [0.2, 0.25) is 0 Å². The van der Waals surface area contributed by atoms with Gasteiger partial charge in [-0.2, -0.15) is 0 Å². The van der Waals surface area contributed by atoms with Crippen molar-refractivity contribution in [1.82, 2.24) is 5.16 Å². The van der Waals surface area contributed by atoms with Crippen LogP contribution >= 0.6 is 0 Å². The number of aliphatic carboxylic acids is 1. The molecule has 1 aromatic carbocycles. The average molecular weight is 440 g/mol. The van der Waals surface area contributed by atoms with Crippen molar-refractivity contribution in [3.8, 4) is 0 Å². The van der Waals surface area contributed by atoms with E-state index in [9.17, 15) is 0 Å². The van der Waals surface area contributed by atoms with E-state index < -0.39 is 12.6 Å². The van der Waals surface area contributed by atoms with E-state index in [2.05, 4.69) is 34.9 Å². The molecule has 1 aromatic heterocycles. The fourth-order valence-corrected chi connectivity index (χ4v) is 2.25. The van der Waals surface area contributed by atoms with Crippen LogP contribution in [0.3, 0.4) is 0 Å². The first kappa shape index (κ1) is 28.3. The number of carboxylic acids is 1. The maximum Gasteiger partial charge on any atom is 0.329 e. The van der Waals surface area contributed by atoms with Gasteiger partial charge in [-0.15, -0.1) is 0 Å². The Balaban J connectivity index is 0.000000602. The molecule has 0 aliphatic heterocycles. The first-order valence-electron chi connectivity index (χ1n) is 9.81. The van der Waals surface area contributed by atoms with Crippen LogP contribution in [-0.2, 0) is 4.79 Å². The molecule has 0 atom stereocenters. The number of hydrogen-bond acceptors (Lipinski definition) is 6. The van der Waals surface area contributed by atoms with Crippen molar-refractivity contribution in [1.29, 1.82) is 0 Å². The third-order valence-electron chi connectivity index (χ3n) is 4.23. The van der Waals surface area contributed by atoms with Gasteiger partial charge in [-0.3, -0.25) is 4.99 Å². The second-order valence-corrected chi connectivity index (χ2v) is 6.57. The Labute approximate surface area is 190 Å². The molecule has 0 amide bonds. The summed E-state index contributed by atoms with van der Waals surface area (Å²) in [5, 5.41) is 18.8. The summed E-state index contributed by atoms with van der Waals surface area (Å²) < 4.78 is 4.84. The Morgan fingerprint density at radius 2 is 1.84 bits per heavy atom. The number of carboxylic acid groups (broad SMARTS) is 1. The van der Waals surface area contributed by atoms with E-state index in [-0.39, 0.29) is 0 Å². The van der Waals surface area contributed by atoms with Crippen molar-refractivity contribution >= 4 is 24.1 Å². The molecule has 32 heavy (non-hydrogen) atoms. The molecule has 2 aromatic rings. The molecule has 0 saturated carbocycles. The number of allylic oxidation sites excluding steroid dienone is 4. The Morgan fingerprint density at radius 3 is 2.25 bits per heavy atom. The molecule has 0 aliphatic rings. The van der Waals surface area contributed by atoms with Gasteiger partial charge in [0.2, 0.25) is 0 Å². The van der Waals surface area contributed by atoms with E-state index in [1.807, 2.05) is 76.4 Å². The summed E-state index contributed by atoms with van der Waals surface area (Å²) in [6, 6.07) is 7.94. The normalized spacial score (nSPS) is 10.3. The molecule has 0 aliphatic carbocycles. The van der Waals surface area contributed by atoms with Crippen molar-refractivity contribution < 1.29 is 19.5 Å². The number of rotatable bonds is 8. The highest BCUT2D eigenvalue weighted by molar-refractivity contribution is 5.69. The maximum absolute atomic E-state index is 9.12. The number of para-hydroxylation sites is 2. The highest BCUT2D eigenvalue weighted by atomic mass is 16.5. The third-order valence-corrected chi connectivity index (χ3v) is 4.23. The van der Waals surface area contributed by atoms with Crippen LogP contribution in [0, 0.1) is 20.8 Å². The molecule has 0 unspecified atom stereocenters. The molecule has 0 fully saturated rings. The number of nitrogens with zero attached hydrogens (tertiary/aromatic N) is 3. The Hall–Kier alpha value is -3.71. The summed E-state index contributed by atoms with van der Waals surface area (Å²) in [6.45, 7) is 16.9. The highest BCUT2D eigenvalue weighted by Crippen LogP contribution is 2.27. The van der Waals surface area contributed by atoms with Crippen LogP contribution in [0.15, 0.2) is 82.9 Å². The van der Waals surface area contributed by atoms with Gasteiger partial charge in [-0.1, -0.05) is 60.8 Å². The number of anilines is 1.